The SMILES string of the molecule is C=CCN(C(=O)[C@H](NC(=O)OCC1c2ccccc2-c2ccccc21)N[C@@H](C)C=O)[C@@H](N[C@@H](C)C=O)C(=O)N[C@@H](N[C@@H](C)C=O)C(=O)N[C@@H](N[C@@H](C)C=O)C(=O)N[C@@H](N[C@@H](C=O)CCC(=O)O)C(=O)N[C@@H](N[C@@H](C)C=O)C(=O)OC. The van der Waals surface area contributed by atoms with Gasteiger partial charge >= 0.3 is 18.0 Å². The van der Waals surface area contributed by atoms with E-state index in [1.807, 2.05) is 48.5 Å². The van der Waals surface area contributed by atoms with Gasteiger partial charge in [0.1, 0.15) is 44.3 Å². The number of fused-ring (bicyclic) bond motifs is 3. The van der Waals surface area contributed by atoms with Gasteiger partial charge in [0.05, 0.1) is 43.4 Å². The van der Waals surface area contributed by atoms with Gasteiger partial charge in [-0.2, -0.15) is 0 Å². The number of esters is 1. The number of hydrogen-bond donors (Lipinski definition) is 12. The molecule has 3 rings (SSSR count). The van der Waals surface area contributed by atoms with E-state index in [2.05, 4.69) is 69.8 Å². The molecule has 434 valence electrons. The first-order valence-corrected chi connectivity index (χ1v) is 24.9. The largest absolute Gasteiger partial charge is 0.481 e. The van der Waals surface area contributed by atoms with E-state index in [0.29, 0.717) is 31.4 Å². The normalized spacial score (nSPS) is 16.0. The highest BCUT2D eigenvalue weighted by Gasteiger charge is 2.39. The van der Waals surface area contributed by atoms with Gasteiger partial charge in [-0.05, 0) is 63.3 Å². The Morgan fingerprint density at radius 3 is 1.41 bits per heavy atom. The second-order valence-electron chi connectivity index (χ2n) is 18.2. The predicted molar refractivity (Wildman–Crippen MR) is 281 cm³/mol. The van der Waals surface area contributed by atoms with Gasteiger partial charge in [-0.1, -0.05) is 54.6 Å². The van der Waals surface area contributed by atoms with Gasteiger partial charge in [0.25, 0.3) is 29.5 Å². The number of carboxylic acids is 1. The molecular formula is C51H68N12O17. The number of hydrogen-bond acceptors (Lipinski definition) is 22. The third-order valence-corrected chi connectivity index (χ3v) is 11.8. The molecule has 12 atom stereocenters. The molecule has 6 amide bonds. The first-order valence-electron chi connectivity index (χ1n) is 24.9. The highest BCUT2D eigenvalue weighted by Crippen LogP contribution is 2.44. The fourth-order valence-electron chi connectivity index (χ4n) is 7.78. The fourth-order valence-corrected chi connectivity index (χ4v) is 7.78. The fraction of sp³-hybridized carbons (Fsp3) is 0.451. The number of aliphatic carboxylic acids is 1. The lowest BCUT2D eigenvalue weighted by atomic mass is 9.98. The number of benzene rings is 2. The average Bonchev–Trinajstić information content (AvgIpc) is 3.80. The summed E-state index contributed by atoms with van der Waals surface area (Å²) in [4.78, 5) is 181. The Kier molecular flexibility index (Phi) is 27.2. The van der Waals surface area contributed by atoms with Crippen molar-refractivity contribution in [3.63, 3.8) is 0 Å². The van der Waals surface area contributed by atoms with Crippen LogP contribution in [0, 0.1) is 0 Å². The predicted octanol–water partition coefficient (Wildman–Crippen LogP) is -3.96. The van der Waals surface area contributed by atoms with Crippen LogP contribution < -0.4 is 58.5 Å². The van der Waals surface area contributed by atoms with Crippen LogP contribution in [0.2, 0.25) is 0 Å². The number of nitrogens with one attached hydrogen (secondary N) is 11. The van der Waals surface area contributed by atoms with Crippen LogP contribution in [0.5, 0.6) is 0 Å². The van der Waals surface area contributed by atoms with E-state index in [-0.39, 0.29) is 12.9 Å². The lowest BCUT2D eigenvalue weighted by Gasteiger charge is -2.36. The molecule has 0 spiro atoms. The topological polar surface area (TPSA) is 413 Å². The standard InChI is InChI=1S/C51H68N12O17/c1-8-19-63(49(76)42(54-29(4)22-66)62-51(78)80-26-37-35-15-11-9-13-33(35)34-14-10-12-16-36(34)37)44(56-31(6)24-68)48(75)60-40(53-28(3)21-65)46(73)58-39(52-27(2)20-64)45(72)59-41(57-32(25-69)17-18-38(70)71)47(74)61-43(50(77)79-7)55-30(5)23-67/h8-16,20-25,27-32,37,39-44,52-57H,1,17-19,26H2,2-7H3,(H,58,73)(H,59,72)(H,60,75)(H,61,74)(H,62,78)(H,70,71)/t27-,28-,29-,30-,31-,32+,39+,40+,41+,42-,43+,44+/m0/s1. The number of aldehydes is 6. The summed E-state index contributed by atoms with van der Waals surface area (Å²) >= 11 is 0. The van der Waals surface area contributed by atoms with Crippen molar-refractivity contribution in [2.24, 2.45) is 0 Å². The molecule has 12 N–H and O–H groups in total. The number of nitrogens with zero attached hydrogens (tertiary/aromatic N) is 1. The van der Waals surface area contributed by atoms with Crippen molar-refractivity contribution in [1.82, 2.24) is 63.4 Å². The maximum Gasteiger partial charge on any atom is 0.408 e. The molecule has 0 aliphatic heterocycles. The molecule has 29 heteroatoms. The molecule has 80 heavy (non-hydrogen) atoms. The minimum atomic E-state index is -2.08. The van der Waals surface area contributed by atoms with Gasteiger partial charge in [0, 0.05) is 18.9 Å². The quantitative estimate of drug-likeness (QED) is 0.0133. The molecule has 0 bridgehead atoms. The molecule has 0 saturated heterocycles. The highest BCUT2D eigenvalue weighted by atomic mass is 16.5. The van der Waals surface area contributed by atoms with Crippen molar-refractivity contribution >= 4 is 85.3 Å². The second-order valence-corrected chi connectivity index (χ2v) is 18.2. The summed E-state index contributed by atoms with van der Waals surface area (Å²) in [6.07, 6.45) is -10.8. The van der Waals surface area contributed by atoms with E-state index in [1.54, 1.807) is 0 Å². The van der Waals surface area contributed by atoms with E-state index in [1.165, 1.54) is 40.7 Å². The number of alkyl carbamates (subject to hydrolysis) is 1. The molecular weight excluding hydrogens is 1050 g/mol. The molecule has 1 aliphatic carbocycles. The van der Waals surface area contributed by atoms with Crippen molar-refractivity contribution in [2.75, 3.05) is 20.3 Å². The zero-order valence-corrected chi connectivity index (χ0v) is 44.6. The zero-order valence-electron chi connectivity index (χ0n) is 44.6. The summed E-state index contributed by atoms with van der Waals surface area (Å²) in [7, 11) is 0.952. The average molecular weight is 1120 g/mol. The van der Waals surface area contributed by atoms with Crippen LogP contribution in [0.4, 0.5) is 4.79 Å². The van der Waals surface area contributed by atoms with Gasteiger partial charge in [-0.15, -0.1) is 6.58 Å². The van der Waals surface area contributed by atoms with Crippen LogP contribution in [0.1, 0.15) is 64.5 Å². The smallest absolute Gasteiger partial charge is 0.408 e. The molecule has 0 radical (unpaired) electrons. The Bertz CT molecular complexity index is 2530. The van der Waals surface area contributed by atoms with Crippen LogP contribution >= 0.6 is 0 Å². The van der Waals surface area contributed by atoms with Crippen molar-refractivity contribution in [3.05, 3.63) is 72.3 Å². The van der Waals surface area contributed by atoms with E-state index in [9.17, 15) is 72.2 Å². The minimum Gasteiger partial charge on any atom is -0.481 e. The Morgan fingerprint density at radius 2 is 0.975 bits per heavy atom. The molecule has 0 heterocycles. The summed E-state index contributed by atoms with van der Waals surface area (Å²) < 4.78 is 10.3. The number of methoxy groups -OCH3 is 1. The van der Waals surface area contributed by atoms with Gasteiger partial charge in [0.15, 0.2) is 37.0 Å². The van der Waals surface area contributed by atoms with Crippen LogP contribution in [-0.2, 0) is 71.8 Å². The van der Waals surface area contributed by atoms with Gasteiger partial charge in [-0.25, -0.2) is 9.59 Å². The van der Waals surface area contributed by atoms with Gasteiger partial charge in [-0.3, -0.25) is 66.0 Å². The second kappa shape index (κ2) is 33.1. The summed E-state index contributed by atoms with van der Waals surface area (Å²) in [5.74, 6) is -9.28. The van der Waals surface area contributed by atoms with Crippen molar-refractivity contribution < 1.29 is 81.7 Å². The Balaban J connectivity index is 2.01. The van der Waals surface area contributed by atoms with E-state index >= 15 is 0 Å². The highest BCUT2D eigenvalue weighted by molar-refractivity contribution is 5.97. The molecule has 0 unspecified atom stereocenters. The number of carbonyl (C=O) groups excluding carboxylic acids is 13. The van der Waals surface area contributed by atoms with Crippen molar-refractivity contribution in [1.29, 1.82) is 0 Å². The minimum absolute atomic E-state index is 0.189. The van der Waals surface area contributed by atoms with Gasteiger partial charge in [0.2, 0.25) is 0 Å². The molecule has 2 aromatic carbocycles. The maximum absolute atomic E-state index is 14.7. The number of carbonyl (C=O) groups is 14. The Morgan fingerprint density at radius 1 is 0.562 bits per heavy atom. The molecule has 2 aromatic rings. The van der Waals surface area contributed by atoms with E-state index in [0.717, 1.165) is 34.3 Å². The number of amides is 6. The lowest BCUT2D eigenvalue weighted by molar-refractivity contribution is -0.147. The van der Waals surface area contributed by atoms with Crippen LogP contribution in [0.3, 0.4) is 0 Å². The Labute approximate surface area is 459 Å². The molecule has 29 nitrogen and oxygen atoms in total. The maximum atomic E-state index is 14.7. The summed E-state index contributed by atoms with van der Waals surface area (Å²) in [6, 6.07) is 7.62. The monoisotopic (exact) mass is 1120 g/mol. The first-order chi connectivity index (χ1) is 38.1. The first kappa shape index (κ1) is 65.8. The van der Waals surface area contributed by atoms with Crippen molar-refractivity contribution in [3.8, 4) is 11.1 Å². The molecule has 0 saturated carbocycles. The molecule has 0 fully saturated rings. The number of rotatable bonds is 37. The van der Waals surface area contributed by atoms with Crippen molar-refractivity contribution in [2.45, 2.75) is 127 Å². The zero-order chi connectivity index (χ0) is 59.6. The van der Waals surface area contributed by atoms with Crippen LogP contribution in [-0.4, -0.2) is 189 Å². The summed E-state index contributed by atoms with van der Waals surface area (Å²) in [5.41, 5.74) is 3.64. The molecule has 0 aromatic heterocycles. The summed E-state index contributed by atoms with van der Waals surface area (Å²) in [6.45, 7) is 9.41. The Hall–Kier alpha value is -8.48. The van der Waals surface area contributed by atoms with Crippen LogP contribution in [0.15, 0.2) is 61.2 Å². The van der Waals surface area contributed by atoms with Crippen LogP contribution in [0.25, 0.3) is 11.1 Å². The van der Waals surface area contributed by atoms with E-state index in [4.69, 9.17) is 4.74 Å². The number of carboxylic acid groups (broad SMARTS) is 1. The van der Waals surface area contributed by atoms with E-state index < -0.39 is 146 Å². The number of ether oxygens (including phenoxy) is 2. The summed E-state index contributed by atoms with van der Waals surface area (Å²) in [5, 5.41) is 35.7. The third kappa shape index (κ3) is 19.8. The lowest BCUT2D eigenvalue weighted by Crippen LogP contribution is -2.70. The van der Waals surface area contributed by atoms with Gasteiger partial charge < -0.3 is 69.5 Å². The molecule has 1 aliphatic rings. The third-order valence-electron chi connectivity index (χ3n) is 11.8.